The molecule has 0 aliphatic heterocycles. The average molecular weight is 373 g/mol. The Bertz CT molecular complexity index is 508. The van der Waals surface area contributed by atoms with Crippen molar-refractivity contribution in [2.75, 3.05) is 13.2 Å². The van der Waals surface area contributed by atoms with Gasteiger partial charge in [-0.1, -0.05) is 22.0 Å². The number of benzene rings is 1. The van der Waals surface area contributed by atoms with Crippen LogP contribution in [0, 0.1) is 0 Å². The molecule has 0 unspecified atom stereocenters. The summed E-state index contributed by atoms with van der Waals surface area (Å²) in [7, 11) is 0. The number of ether oxygens (including phenoxy) is 3. The summed E-state index contributed by atoms with van der Waals surface area (Å²) in [5.41, 5.74) is -0.582. The van der Waals surface area contributed by atoms with E-state index in [0.29, 0.717) is 13.0 Å². The van der Waals surface area contributed by atoms with Gasteiger partial charge in [-0.15, -0.1) is 0 Å². The molecule has 6 heteroatoms. The van der Waals surface area contributed by atoms with E-state index in [1.807, 2.05) is 24.3 Å². The maximum atomic E-state index is 11.5. The highest BCUT2D eigenvalue weighted by Crippen LogP contribution is 2.17. The zero-order valence-corrected chi connectivity index (χ0v) is 14.6. The van der Waals surface area contributed by atoms with Crippen molar-refractivity contribution in [3.8, 4) is 5.75 Å². The molecule has 122 valence electrons. The van der Waals surface area contributed by atoms with Crippen LogP contribution < -0.4 is 4.74 Å². The Hall–Kier alpha value is -1.56. The molecular weight excluding hydrogens is 352 g/mol. The van der Waals surface area contributed by atoms with Gasteiger partial charge in [-0.05, 0) is 45.4 Å². The molecule has 5 nitrogen and oxygen atoms in total. The largest absolute Gasteiger partial charge is 0.494 e. The zero-order valence-electron chi connectivity index (χ0n) is 13.1. The molecule has 22 heavy (non-hydrogen) atoms. The van der Waals surface area contributed by atoms with Gasteiger partial charge < -0.3 is 14.2 Å². The number of carbonyl (C=O) groups is 2. The van der Waals surface area contributed by atoms with Crippen LogP contribution in [0.15, 0.2) is 28.7 Å². The first-order chi connectivity index (χ1) is 10.3. The summed E-state index contributed by atoms with van der Waals surface area (Å²) in [5.74, 6) is -0.258. The zero-order chi connectivity index (χ0) is 16.6. The Labute approximate surface area is 139 Å². The third-order valence-electron chi connectivity index (χ3n) is 2.36. The lowest BCUT2D eigenvalue weighted by molar-refractivity contribution is -0.166. The second-order valence-corrected chi connectivity index (χ2v) is 6.57. The Morgan fingerprint density at radius 1 is 1.18 bits per heavy atom. The number of esters is 2. The van der Waals surface area contributed by atoms with Crippen LogP contribution in [0.2, 0.25) is 0 Å². The predicted molar refractivity (Wildman–Crippen MR) is 85.7 cm³/mol. The lowest BCUT2D eigenvalue weighted by atomic mass is 10.2. The van der Waals surface area contributed by atoms with Crippen LogP contribution in [0.4, 0.5) is 0 Å². The summed E-state index contributed by atoms with van der Waals surface area (Å²) >= 11 is 3.35. The van der Waals surface area contributed by atoms with Crippen LogP contribution in [-0.2, 0) is 19.1 Å². The molecule has 0 N–H and O–H groups in total. The SMILES string of the molecule is CC(C)(C)OC(=O)COC(=O)CCCOc1cccc(Br)c1. The molecule has 0 atom stereocenters. The van der Waals surface area contributed by atoms with Crippen molar-refractivity contribution in [2.24, 2.45) is 0 Å². The summed E-state index contributed by atoms with van der Waals surface area (Å²) in [6.45, 7) is 5.31. The number of carbonyl (C=O) groups excluding carboxylic acids is 2. The molecule has 0 aliphatic carbocycles. The summed E-state index contributed by atoms with van der Waals surface area (Å²) < 4.78 is 16.3. The highest BCUT2D eigenvalue weighted by atomic mass is 79.9. The molecule has 1 aromatic rings. The lowest BCUT2D eigenvalue weighted by Gasteiger charge is -2.19. The van der Waals surface area contributed by atoms with Gasteiger partial charge in [0.25, 0.3) is 0 Å². The minimum Gasteiger partial charge on any atom is -0.494 e. The molecule has 0 spiro atoms. The van der Waals surface area contributed by atoms with Gasteiger partial charge in [0.15, 0.2) is 6.61 Å². The molecule has 0 saturated carbocycles. The molecule has 0 amide bonds. The second kappa shape index (κ2) is 8.78. The fourth-order valence-corrected chi connectivity index (χ4v) is 1.92. The third-order valence-corrected chi connectivity index (χ3v) is 2.85. The molecular formula is C16H21BrO5. The van der Waals surface area contributed by atoms with E-state index in [2.05, 4.69) is 15.9 Å². The normalized spacial score (nSPS) is 10.9. The van der Waals surface area contributed by atoms with Gasteiger partial charge >= 0.3 is 11.9 Å². The van der Waals surface area contributed by atoms with Crippen molar-refractivity contribution in [3.63, 3.8) is 0 Å². The Balaban J connectivity index is 2.15. The average Bonchev–Trinajstić information content (AvgIpc) is 2.39. The Morgan fingerprint density at radius 2 is 1.91 bits per heavy atom. The molecule has 0 aliphatic rings. The first kappa shape index (κ1) is 18.5. The first-order valence-corrected chi connectivity index (χ1v) is 7.81. The van der Waals surface area contributed by atoms with Crippen molar-refractivity contribution < 1.29 is 23.8 Å². The summed E-state index contributed by atoms with van der Waals surface area (Å²) in [4.78, 5) is 22.9. The van der Waals surface area contributed by atoms with E-state index in [-0.39, 0.29) is 13.0 Å². The maximum Gasteiger partial charge on any atom is 0.344 e. The van der Waals surface area contributed by atoms with Crippen molar-refractivity contribution >= 4 is 27.9 Å². The third kappa shape index (κ3) is 8.67. The molecule has 1 aromatic carbocycles. The summed E-state index contributed by atoms with van der Waals surface area (Å²) in [6, 6.07) is 7.46. The number of hydrogen-bond donors (Lipinski definition) is 0. The minimum atomic E-state index is -0.582. The molecule has 1 rings (SSSR count). The molecule has 0 bridgehead atoms. The van der Waals surface area contributed by atoms with Gasteiger partial charge in [0, 0.05) is 10.9 Å². The molecule has 0 heterocycles. The van der Waals surface area contributed by atoms with Crippen LogP contribution in [0.25, 0.3) is 0 Å². The van der Waals surface area contributed by atoms with Gasteiger partial charge in [-0.25, -0.2) is 4.79 Å². The second-order valence-electron chi connectivity index (χ2n) is 5.66. The van der Waals surface area contributed by atoms with Crippen LogP contribution >= 0.6 is 15.9 Å². The van der Waals surface area contributed by atoms with Crippen LogP contribution in [0.5, 0.6) is 5.75 Å². The van der Waals surface area contributed by atoms with Crippen molar-refractivity contribution in [3.05, 3.63) is 28.7 Å². The number of hydrogen-bond acceptors (Lipinski definition) is 5. The highest BCUT2D eigenvalue weighted by molar-refractivity contribution is 9.10. The van der Waals surface area contributed by atoms with Crippen molar-refractivity contribution in [1.82, 2.24) is 0 Å². The van der Waals surface area contributed by atoms with Crippen LogP contribution in [-0.4, -0.2) is 30.8 Å². The van der Waals surface area contributed by atoms with E-state index in [1.54, 1.807) is 20.8 Å². The van der Waals surface area contributed by atoms with Crippen LogP contribution in [0.3, 0.4) is 0 Å². The van der Waals surface area contributed by atoms with Crippen molar-refractivity contribution in [1.29, 1.82) is 0 Å². The van der Waals surface area contributed by atoms with E-state index in [4.69, 9.17) is 14.2 Å². The van der Waals surface area contributed by atoms with E-state index in [0.717, 1.165) is 10.2 Å². The van der Waals surface area contributed by atoms with Crippen molar-refractivity contribution in [2.45, 2.75) is 39.2 Å². The smallest absolute Gasteiger partial charge is 0.344 e. The molecule has 0 radical (unpaired) electrons. The molecule has 0 saturated heterocycles. The van der Waals surface area contributed by atoms with Crippen LogP contribution in [0.1, 0.15) is 33.6 Å². The quantitative estimate of drug-likeness (QED) is 0.541. The predicted octanol–water partition coefficient (Wildman–Crippen LogP) is 3.49. The lowest BCUT2D eigenvalue weighted by Crippen LogP contribution is -2.27. The number of halogens is 1. The summed E-state index contributed by atoms with van der Waals surface area (Å²) in [5, 5.41) is 0. The van der Waals surface area contributed by atoms with Gasteiger partial charge in [0.05, 0.1) is 6.61 Å². The maximum absolute atomic E-state index is 11.5. The standard InChI is InChI=1S/C16H21BrO5/c1-16(2,3)22-15(19)11-21-14(18)8-5-9-20-13-7-4-6-12(17)10-13/h4,6-7,10H,5,8-9,11H2,1-3H3. The van der Waals surface area contributed by atoms with E-state index >= 15 is 0 Å². The van der Waals surface area contributed by atoms with E-state index < -0.39 is 17.5 Å². The molecule has 0 fully saturated rings. The van der Waals surface area contributed by atoms with Gasteiger partial charge in [-0.3, -0.25) is 4.79 Å². The minimum absolute atomic E-state index is 0.191. The number of rotatable bonds is 7. The Kier molecular flexibility index (Phi) is 7.38. The van der Waals surface area contributed by atoms with Gasteiger partial charge in [-0.2, -0.15) is 0 Å². The van der Waals surface area contributed by atoms with Gasteiger partial charge in [0.1, 0.15) is 11.4 Å². The molecule has 0 aromatic heterocycles. The first-order valence-electron chi connectivity index (χ1n) is 7.02. The highest BCUT2D eigenvalue weighted by Gasteiger charge is 2.17. The van der Waals surface area contributed by atoms with E-state index in [1.165, 1.54) is 0 Å². The van der Waals surface area contributed by atoms with Gasteiger partial charge in [0.2, 0.25) is 0 Å². The fourth-order valence-electron chi connectivity index (χ4n) is 1.55. The topological polar surface area (TPSA) is 61.8 Å². The fraction of sp³-hybridized carbons (Fsp3) is 0.500. The monoisotopic (exact) mass is 372 g/mol. The summed E-state index contributed by atoms with van der Waals surface area (Å²) in [6.07, 6.45) is 0.705. The van der Waals surface area contributed by atoms with E-state index in [9.17, 15) is 9.59 Å². The Morgan fingerprint density at radius 3 is 2.55 bits per heavy atom.